The number of halogens is 2. The van der Waals surface area contributed by atoms with E-state index >= 15 is 8.78 Å². The molecule has 1 aliphatic heterocycles. The first-order valence-electron chi connectivity index (χ1n) is 12.4. The number of primary amides is 1. The van der Waals surface area contributed by atoms with Gasteiger partial charge in [-0.05, 0) is 24.8 Å². The Morgan fingerprint density at radius 2 is 1.97 bits per heavy atom. The molecule has 1 saturated heterocycles. The number of hydrogen-bond acceptors (Lipinski definition) is 7. The van der Waals surface area contributed by atoms with Crippen molar-refractivity contribution in [3.05, 3.63) is 47.6 Å². The monoisotopic (exact) mass is 519 g/mol. The van der Waals surface area contributed by atoms with E-state index < -0.39 is 54.5 Å². The number of nitrogens with one attached hydrogen (secondary N) is 1. The van der Waals surface area contributed by atoms with Crippen molar-refractivity contribution in [2.24, 2.45) is 11.7 Å². The summed E-state index contributed by atoms with van der Waals surface area (Å²) in [6, 6.07) is 5.28. The number of alkyl halides is 2. The van der Waals surface area contributed by atoms with Gasteiger partial charge in [-0.15, -0.1) is 0 Å². The highest BCUT2D eigenvalue weighted by atomic mass is 19.3. The number of Topliss-reactive ketones (excluding diaryl/α,β-unsaturated/α-hetero) is 1. The molecule has 0 radical (unpaired) electrons. The van der Waals surface area contributed by atoms with Gasteiger partial charge < -0.3 is 25.2 Å². The van der Waals surface area contributed by atoms with Crippen LogP contribution in [0.15, 0.2) is 34.9 Å². The largest absolute Gasteiger partial charge is 0.377 e. The average Bonchev–Trinajstić information content (AvgIpc) is 3.61. The lowest BCUT2D eigenvalue weighted by Gasteiger charge is -2.39. The summed E-state index contributed by atoms with van der Waals surface area (Å²) in [7, 11) is 0. The normalized spacial score (nSPS) is 19.8. The number of ketones is 1. The lowest BCUT2D eigenvalue weighted by Crippen LogP contribution is -2.58. The molecule has 2 fully saturated rings. The molecule has 12 heteroatoms. The van der Waals surface area contributed by atoms with Crippen molar-refractivity contribution in [1.29, 1.82) is 0 Å². The van der Waals surface area contributed by atoms with Crippen LogP contribution < -0.4 is 11.1 Å². The molecule has 200 valence electrons. The SMILES string of the molecule is CCC(NC(=O)[C@@H](CC(F)(F)Cc1ccccc1)C1COCCN1C(N)=O)C(=O)c1noc(C2CC2)n1. The standard InChI is InChI=1S/C25H31F2N5O5/c1-2-18(20(33)21-30-23(37-31-21)16-8-9-16)29-22(34)17(19-14-36-11-10-32(19)24(28)35)13-25(26,27)12-15-6-4-3-5-7-15/h3-7,16-19H,2,8-14H2,1H3,(H2,28,35)(H,29,34)/t17-,18?,19?/m0/s1. The predicted molar refractivity (Wildman–Crippen MR) is 127 cm³/mol. The van der Waals surface area contributed by atoms with Gasteiger partial charge in [0.2, 0.25) is 23.4 Å². The van der Waals surface area contributed by atoms with Crippen molar-refractivity contribution in [2.75, 3.05) is 19.8 Å². The van der Waals surface area contributed by atoms with E-state index in [1.54, 1.807) is 37.3 Å². The molecule has 1 aliphatic carbocycles. The van der Waals surface area contributed by atoms with Crippen molar-refractivity contribution in [2.45, 2.75) is 63.0 Å². The van der Waals surface area contributed by atoms with Crippen LogP contribution in [0.3, 0.4) is 0 Å². The zero-order valence-electron chi connectivity index (χ0n) is 20.6. The number of urea groups is 1. The third kappa shape index (κ3) is 6.68. The fourth-order valence-electron chi connectivity index (χ4n) is 4.54. The topological polar surface area (TPSA) is 141 Å². The number of amides is 3. The summed E-state index contributed by atoms with van der Waals surface area (Å²) < 4.78 is 41.1. The molecule has 2 heterocycles. The molecule has 0 spiro atoms. The van der Waals surface area contributed by atoms with Gasteiger partial charge in [0.25, 0.3) is 5.92 Å². The second kappa shape index (κ2) is 11.3. The maximum atomic E-state index is 15.3. The van der Waals surface area contributed by atoms with Crippen LogP contribution in [0.4, 0.5) is 13.6 Å². The number of aromatic nitrogens is 2. The minimum absolute atomic E-state index is 0.0664. The maximum absolute atomic E-state index is 15.3. The van der Waals surface area contributed by atoms with Crippen LogP contribution in [0.2, 0.25) is 0 Å². The Labute approximate surface area is 212 Å². The van der Waals surface area contributed by atoms with E-state index in [1.165, 1.54) is 4.90 Å². The Hall–Kier alpha value is -3.41. The second-order valence-electron chi connectivity index (χ2n) is 9.57. The van der Waals surface area contributed by atoms with Gasteiger partial charge in [0.1, 0.15) is 0 Å². The van der Waals surface area contributed by atoms with Crippen LogP contribution in [-0.2, 0) is 16.0 Å². The first-order valence-corrected chi connectivity index (χ1v) is 12.4. The highest BCUT2D eigenvalue weighted by Gasteiger charge is 2.44. The lowest BCUT2D eigenvalue weighted by atomic mass is 9.88. The first kappa shape index (κ1) is 26.6. The quantitative estimate of drug-likeness (QED) is 0.435. The lowest BCUT2D eigenvalue weighted by molar-refractivity contribution is -0.135. The van der Waals surface area contributed by atoms with Gasteiger partial charge in [-0.3, -0.25) is 9.59 Å². The average molecular weight is 520 g/mol. The highest BCUT2D eigenvalue weighted by Crippen LogP contribution is 2.39. The number of benzene rings is 1. The molecule has 1 aromatic carbocycles. The number of hydrogen-bond donors (Lipinski definition) is 2. The summed E-state index contributed by atoms with van der Waals surface area (Å²) in [6.45, 7) is 1.77. The Morgan fingerprint density at radius 3 is 2.62 bits per heavy atom. The molecule has 10 nitrogen and oxygen atoms in total. The van der Waals surface area contributed by atoms with Gasteiger partial charge in [0, 0.05) is 25.3 Å². The summed E-state index contributed by atoms with van der Waals surface area (Å²) in [5.41, 5.74) is 5.90. The van der Waals surface area contributed by atoms with Crippen molar-refractivity contribution >= 4 is 17.7 Å². The van der Waals surface area contributed by atoms with Crippen LogP contribution in [0.1, 0.15) is 60.6 Å². The van der Waals surface area contributed by atoms with Crippen molar-refractivity contribution in [3.63, 3.8) is 0 Å². The zero-order chi connectivity index (χ0) is 26.6. The minimum atomic E-state index is -3.29. The summed E-state index contributed by atoms with van der Waals surface area (Å²) >= 11 is 0. The number of ether oxygens (including phenoxy) is 1. The Kier molecular flexibility index (Phi) is 8.16. The van der Waals surface area contributed by atoms with Crippen LogP contribution in [-0.4, -0.2) is 70.5 Å². The van der Waals surface area contributed by atoms with E-state index in [1.807, 2.05) is 0 Å². The number of rotatable bonds is 11. The third-order valence-electron chi connectivity index (χ3n) is 6.70. The first-order chi connectivity index (χ1) is 17.7. The van der Waals surface area contributed by atoms with E-state index in [0.717, 1.165) is 12.8 Å². The van der Waals surface area contributed by atoms with E-state index in [4.69, 9.17) is 15.0 Å². The molecule has 1 saturated carbocycles. The van der Waals surface area contributed by atoms with Gasteiger partial charge in [0.05, 0.1) is 31.2 Å². The van der Waals surface area contributed by atoms with Crippen molar-refractivity contribution in [3.8, 4) is 0 Å². The molecule has 2 aliphatic rings. The predicted octanol–water partition coefficient (Wildman–Crippen LogP) is 2.69. The molecule has 2 unspecified atom stereocenters. The number of carbonyl (C=O) groups excluding carboxylic acids is 3. The van der Waals surface area contributed by atoms with Gasteiger partial charge in [0.15, 0.2) is 0 Å². The number of morpholine rings is 1. The summed E-state index contributed by atoms with van der Waals surface area (Å²) in [5.74, 6) is -5.71. The van der Waals surface area contributed by atoms with Gasteiger partial charge >= 0.3 is 6.03 Å². The Balaban J connectivity index is 1.54. The van der Waals surface area contributed by atoms with Gasteiger partial charge in [-0.2, -0.15) is 4.98 Å². The Morgan fingerprint density at radius 1 is 1.24 bits per heavy atom. The molecule has 1 aromatic heterocycles. The van der Waals surface area contributed by atoms with Gasteiger partial charge in [-0.25, -0.2) is 13.6 Å². The molecule has 3 N–H and O–H groups in total. The Bertz CT molecular complexity index is 1110. The summed E-state index contributed by atoms with van der Waals surface area (Å²) in [5, 5.41) is 6.32. The van der Waals surface area contributed by atoms with E-state index in [-0.39, 0.29) is 37.9 Å². The van der Waals surface area contributed by atoms with Crippen LogP contribution in [0, 0.1) is 5.92 Å². The molecule has 3 atom stereocenters. The molecular weight excluding hydrogens is 488 g/mol. The molecule has 37 heavy (non-hydrogen) atoms. The third-order valence-corrected chi connectivity index (χ3v) is 6.70. The molecule has 2 aromatic rings. The van der Waals surface area contributed by atoms with Gasteiger partial charge in [-0.1, -0.05) is 42.4 Å². The maximum Gasteiger partial charge on any atom is 0.315 e. The molecule has 0 bridgehead atoms. The zero-order valence-corrected chi connectivity index (χ0v) is 20.6. The number of nitrogens with zero attached hydrogens (tertiary/aromatic N) is 3. The molecule has 3 amide bonds. The summed E-state index contributed by atoms with van der Waals surface area (Å²) in [4.78, 5) is 43.9. The fraction of sp³-hybridized carbons (Fsp3) is 0.560. The molecule has 4 rings (SSSR count). The second-order valence-corrected chi connectivity index (χ2v) is 9.57. The van der Waals surface area contributed by atoms with Crippen LogP contribution in [0.5, 0.6) is 0 Å². The van der Waals surface area contributed by atoms with E-state index in [2.05, 4.69) is 15.5 Å². The highest BCUT2D eigenvalue weighted by molar-refractivity contribution is 5.99. The van der Waals surface area contributed by atoms with Crippen LogP contribution >= 0.6 is 0 Å². The summed E-state index contributed by atoms with van der Waals surface area (Å²) in [6.07, 6.45) is 0.519. The number of carbonyl (C=O) groups is 3. The number of nitrogens with two attached hydrogens (primary N) is 1. The minimum Gasteiger partial charge on any atom is -0.377 e. The smallest absolute Gasteiger partial charge is 0.315 e. The van der Waals surface area contributed by atoms with E-state index in [0.29, 0.717) is 11.5 Å². The van der Waals surface area contributed by atoms with E-state index in [9.17, 15) is 14.4 Å². The van der Waals surface area contributed by atoms with Crippen LogP contribution in [0.25, 0.3) is 0 Å². The van der Waals surface area contributed by atoms with Crippen molar-refractivity contribution < 1.29 is 32.4 Å². The van der Waals surface area contributed by atoms with Crippen molar-refractivity contribution in [1.82, 2.24) is 20.4 Å². The molecular formula is C25H31F2N5O5. The fourth-order valence-corrected chi connectivity index (χ4v) is 4.54.